The third-order valence-corrected chi connectivity index (χ3v) is 4.58. The summed E-state index contributed by atoms with van der Waals surface area (Å²) >= 11 is 0. The van der Waals surface area contributed by atoms with Crippen LogP contribution >= 0.6 is 0 Å². The van der Waals surface area contributed by atoms with Gasteiger partial charge in [0.05, 0.1) is 17.7 Å². The zero-order valence-electron chi connectivity index (χ0n) is 11.7. The number of benzene rings is 1. The van der Waals surface area contributed by atoms with E-state index >= 15 is 0 Å². The third kappa shape index (κ3) is 1.85. The summed E-state index contributed by atoms with van der Waals surface area (Å²) in [7, 11) is 0. The summed E-state index contributed by atoms with van der Waals surface area (Å²) in [5, 5.41) is 12.7. The van der Waals surface area contributed by atoms with E-state index in [0.29, 0.717) is 0 Å². The number of aliphatic hydroxyl groups is 1. The highest BCUT2D eigenvalue weighted by Gasteiger charge is 2.32. The van der Waals surface area contributed by atoms with Crippen molar-refractivity contribution < 1.29 is 5.11 Å². The minimum absolute atomic E-state index is 0.0222. The van der Waals surface area contributed by atoms with Gasteiger partial charge in [0.25, 0.3) is 0 Å². The largest absolute Gasteiger partial charge is 0.389 e. The van der Waals surface area contributed by atoms with Crippen LogP contribution in [0.1, 0.15) is 25.3 Å². The monoisotopic (exact) mass is 282 g/mol. The van der Waals surface area contributed by atoms with Gasteiger partial charge in [0.2, 0.25) is 0 Å². The Hall–Kier alpha value is -1.98. The second-order valence-electron chi connectivity index (χ2n) is 5.80. The van der Waals surface area contributed by atoms with Gasteiger partial charge in [-0.2, -0.15) is 0 Å². The van der Waals surface area contributed by atoms with Gasteiger partial charge in [0, 0.05) is 23.0 Å². The minimum atomic E-state index is -0.535. The van der Waals surface area contributed by atoms with E-state index < -0.39 is 6.10 Å². The smallest absolute Gasteiger partial charge is 0.144 e. The lowest BCUT2D eigenvalue weighted by molar-refractivity contribution is 0.0604. The quantitative estimate of drug-likeness (QED) is 0.715. The maximum absolute atomic E-state index is 10.5. The highest BCUT2D eigenvalue weighted by atomic mass is 16.3. The Morgan fingerprint density at radius 3 is 2.95 bits per heavy atom. The first-order valence-electron chi connectivity index (χ1n) is 7.39. The lowest BCUT2D eigenvalue weighted by Gasteiger charge is -2.34. The molecule has 1 fully saturated rings. The molecule has 108 valence electrons. The van der Waals surface area contributed by atoms with Crippen molar-refractivity contribution in [3.05, 3.63) is 36.8 Å². The van der Waals surface area contributed by atoms with Gasteiger partial charge in [-0.3, -0.25) is 0 Å². The summed E-state index contributed by atoms with van der Waals surface area (Å²) in [6.07, 6.45) is 5.70. The second kappa shape index (κ2) is 4.79. The molecule has 0 aliphatic heterocycles. The number of para-hydroxylation sites is 1. The van der Waals surface area contributed by atoms with E-state index in [0.717, 1.165) is 41.2 Å². The topological polar surface area (TPSA) is 77.0 Å². The zero-order chi connectivity index (χ0) is 14.4. The number of nitrogens with two attached hydrogens (primary N) is 1. The van der Waals surface area contributed by atoms with Crippen LogP contribution in [0.4, 0.5) is 0 Å². The van der Waals surface area contributed by atoms with E-state index in [4.69, 9.17) is 5.73 Å². The highest BCUT2D eigenvalue weighted by molar-refractivity contribution is 6.06. The Balaban J connectivity index is 2.01. The van der Waals surface area contributed by atoms with Crippen molar-refractivity contribution in [2.45, 2.75) is 37.5 Å². The summed E-state index contributed by atoms with van der Waals surface area (Å²) in [4.78, 5) is 8.60. The summed E-state index contributed by atoms with van der Waals surface area (Å²) in [6, 6.07) is 7.99. The molecule has 1 aliphatic rings. The molecule has 21 heavy (non-hydrogen) atoms. The molecule has 3 unspecified atom stereocenters. The lowest BCUT2D eigenvalue weighted by atomic mass is 9.88. The van der Waals surface area contributed by atoms with Crippen molar-refractivity contribution in [1.29, 1.82) is 0 Å². The predicted octanol–water partition coefficient (Wildman–Crippen LogP) is 2.00. The van der Waals surface area contributed by atoms with Crippen LogP contribution < -0.4 is 5.73 Å². The number of rotatable bonds is 1. The number of hydrogen-bond acceptors (Lipinski definition) is 4. The first-order valence-corrected chi connectivity index (χ1v) is 7.39. The van der Waals surface area contributed by atoms with Crippen LogP contribution in [-0.2, 0) is 0 Å². The van der Waals surface area contributed by atoms with Crippen molar-refractivity contribution in [3.63, 3.8) is 0 Å². The molecule has 3 aromatic rings. The fourth-order valence-electron chi connectivity index (χ4n) is 3.54. The second-order valence-corrected chi connectivity index (χ2v) is 5.80. The van der Waals surface area contributed by atoms with Gasteiger partial charge in [-0.05, 0) is 25.3 Å². The molecule has 0 saturated heterocycles. The van der Waals surface area contributed by atoms with Gasteiger partial charge in [0.1, 0.15) is 12.0 Å². The first-order chi connectivity index (χ1) is 10.3. The molecular formula is C16H18N4O. The third-order valence-electron chi connectivity index (χ3n) is 4.58. The number of fused-ring (bicyclic) bond motifs is 3. The Morgan fingerprint density at radius 2 is 2.05 bits per heavy atom. The molecule has 4 rings (SSSR count). The number of nitrogens with zero attached hydrogens (tertiary/aromatic N) is 3. The van der Waals surface area contributed by atoms with E-state index in [1.165, 1.54) is 0 Å². The molecule has 3 N–H and O–H groups in total. The Bertz CT molecular complexity index is 744. The van der Waals surface area contributed by atoms with Crippen LogP contribution in [0.2, 0.25) is 0 Å². The maximum Gasteiger partial charge on any atom is 0.144 e. The Kier molecular flexibility index (Phi) is 2.90. The van der Waals surface area contributed by atoms with Crippen LogP contribution in [0, 0.1) is 0 Å². The van der Waals surface area contributed by atoms with Crippen LogP contribution in [0.3, 0.4) is 0 Å². The normalized spacial score (nSPS) is 26.5. The molecule has 0 amide bonds. The summed E-state index contributed by atoms with van der Waals surface area (Å²) < 4.78 is 2.15. The molecular weight excluding hydrogens is 264 g/mol. The molecule has 1 aromatic carbocycles. The van der Waals surface area contributed by atoms with Crippen molar-refractivity contribution in [1.82, 2.24) is 14.5 Å². The minimum Gasteiger partial charge on any atom is -0.389 e. The molecule has 0 radical (unpaired) electrons. The van der Waals surface area contributed by atoms with Crippen LogP contribution in [0.15, 0.2) is 36.8 Å². The standard InChI is InChI=1S/C16H18N4O/c17-12-5-3-7-14(15(12)21)20-13-6-2-1-4-10(13)11-8-18-9-19-16(11)20/h1-2,4,6,8-9,12,14-15,21H,3,5,7,17H2. The van der Waals surface area contributed by atoms with Crippen LogP contribution in [0.5, 0.6) is 0 Å². The molecule has 2 heterocycles. The van der Waals surface area contributed by atoms with Gasteiger partial charge < -0.3 is 15.4 Å². The summed E-state index contributed by atoms with van der Waals surface area (Å²) in [5.74, 6) is 0. The highest BCUT2D eigenvalue weighted by Crippen LogP contribution is 2.36. The molecule has 0 bridgehead atoms. The predicted molar refractivity (Wildman–Crippen MR) is 81.9 cm³/mol. The Morgan fingerprint density at radius 1 is 1.19 bits per heavy atom. The van der Waals surface area contributed by atoms with Gasteiger partial charge in [0.15, 0.2) is 0 Å². The van der Waals surface area contributed by atoms with E-state index in [-0.39, 0.29) is 12.1 Å². The number of aliphatic hydroxyl groups excluding tert-OH is 1. The number of hydrogen-bond donors (Lipinski definition) is 2. The molecule has 2 aromatic heterocycles. The number of aromatic nitrogens is 3. The summed E-state index contributed by atoms with van der Waals surface area (Å²) in [5.41, 5.74) is 8.03. The fraction of sp³-hybridized carbons (Fsp3) is 0.375. The van der Waals surface area contributed by atoms with E-state index in [9.17, 15) is 5.11 Å². The maximum atomic E-state index is 10.5. The molecule has 5 nitrogen and oxygen atoms in total. The van der Waals surface area contributed by atoms with Crippen molar-refractivity contribution >= 4 is 21.9 Å². The molecule has 0 spiro atoms. The lowest BCUT2D eigenvalue weighted by Crippen LogP contribution is -2.44. The summed E-state index contributed by atoms with van der Waals surface area (Å²) in [6.45, 7) is 0. The molecule has 3 atom stereocenters. The van der Waals surface area contributed by atoms with Gasteiger partial charge in [-0.1, -0.05) is 18.2 Å². The van der Waals surface area contributed by atoms with Crippen molar-refractivity contribution in [3.8, 4) is 0 Å². The Labute approximate surface area is 122 Å². The van der Waals surface area contributed by atoms with Crippen molar-refractivity contribution in [2.24, 2.45) is 5.73 Å². The average Bonchev–Trinajstić information content (AvgIpc) is 2.85. The van der Waals surface area contributed by atoms with E-state index in [1.54, 1.807) is 6.33 Å². The fourth-order valence-corrected chi connectivity index (χ4v) is 3.54. The first kappa shape index (κ1) is 12.7. The SMILES string of the molecule is NC1CCCC(n2c3ccccc3c3cncnc32)C1O. The molecule has 5 heteroatoms. The van der Waals surface area contributed by atoms with Gasteiger partial charge >= 0.3 is 0 Å². The molecule has 1 aliphatic carbocycles. The zero-order valence-corrected chi connectivity index (χ0v) is 11.7. The van der Waals surface area contributed by atoms with Crippen molar-refractivity contribution in [2.75, 3.05) is 0 Å². The van der Waals surface area contributed by atoms with E-state index in [2.05, 4.69) is 26.7 Å². The van der Waals surface area contributed by atoms with Crippen LogP contribution in [0.25, 0.3) is 21.9 Å². The average molecular weight is 282 g/mol. The van der Waals surface area contributed by atoms with Crippen LogP contribution in [-0.4, -0.2) is 31.8 Å². The molecule has 1 saturated carbocycles. The van der Waals surface area contributed by atoms with Gasteiger partial charge in [-0.15, -0.1) is 0 Å². The van der Waals surface area contributed by atoms with E-state index in [1.807, 2.05) is 18.3 Å². The van der Waals surface area contributed by atoms with Gasteiger partial charge in [-0.25, -0.2) is 9.97 Å².